The summed E-state index contributed by atoms with van der Waals surface area (Å²) in [6, 6.07) is 7.32. The molecule has 0 aliphatic rings. The molecule has 0 aliphatic heterocycles. The minimum absolute atomic E-state index is 0.00894. The zero-order valence-electron chi connectivity index (χ0n) is 12.2. The molecule has 116 valence electrons. The van der Waals surface area contributed by atoms with Crippen LogP contribution in [-0.4, -0.2) is 35.3 Å². The molecule has 0 aliphatic carbocycles. The molecular weight excluding hydrogens is 288 g/mol. The second-order valence-electron chi connectivity index (χ2n) is 4.62. The van der Waals surface area contributed by atoms with Gasteiger partial charge >= 0.3 is 0 Å². The van der Waals surface area contributed by atoms with Crippen molar-refractivity contribution in [3.8, 4) is 28.7 Å². The van der Waals surface area contributed by atoms with E-state index in [0.717, 1.165) is 0 Å². The Hall–Kier alpha value is -2.89. The quantitative estimate of drug-likeness (QED) is 0.579. The van der Waals surface area contributed by atoms with Crippen molar-refractivity contribution in [1.29, 1.82) is 0 Å². The molecule has 2 rings (SSSR count). The van der Waals surface area contributed by atoms with Crippen molar-refractivity contribution in [2.45, 2.75) is 6.42 Å². The summed E-state index contributed by atoms with van der Waals surface area (Å²) in [4.78, 5) is 12.3. The summed E-state index contributed by atoms with van der Waals surface area (Å²) in [5, 5.41) is 29.1. The van der Waals surface area contributed by atoms with E-state index in [4.69, 9.17) is 9.47 Å². The first kappa shape index (κ1) is 15.5. The molecule has 0 radical (unpaired) electrons. The van der Waals surface area contributed by atoms with Gasteiger partial charge in [0, 0.05) is 6.42 Å². The van der Waals surface area contributed by atoms with E-state index in [2.05, 4.69) is 0 Å². The predicted octanol–water partition coefficient (Wildman–Crippen LogP) is 2.25. The van der Waals surface area contributed by atoms with E-state index < -0.39 is 11.5 Å². The molecule has 0 bridgehead atoms. The molecule has 0 saturated heterocycles. The summed E-state index contributed by atoms with van der Waals surface area (Å²) in [6.07, 6.45) is -0.0179. The Kier molecular flexibility index (Phi) is 4.41. The van der Waals surface area contributed by atoms with Crippen LogP contribution in [0.1, 0.15) is 15.9 Å². The number of carbonyl (C=O) groups is 1. The number of ether oxygens (including phenoxy) is 2. The fourth-order valence-electron chi connectivity index (χ4n) is 2.06. The molecule has 2 aromatic rings. The Morgan fingerprint density at radius 1 is 0.955 bits per heavy atom. The molecule has 0 fully saturated rings. The third-order valence-corrected chi connectivity index (χ3v) is 3.24. The predicted molar refractivity (Wildman–Crippen MR) is 79.0 cm³/mol. The first-order valence-corrected chi connectivity index (χ1v) is 6.46. The van der Waals surface area contributed by atoms with Crippen LogP contribution in [0.2, 0.25) is 0 Å². The van der Waals surface area contributed by atoms with Gasteiger partial charge in [-0.2, -0.15) is 0 Å². The Morgan fingerprint density at radius 3 is 2.27 bits per heavy atom. The van der Waals surface area contributed by atoms with Crippen LogP contribution in [0.3, 0.4) is 0 Å². The number of hydrogen-bond donors (Lipinski definition) is 3. The van der Waals surface area contributed by atoms with Gasteiger partial charge in [-0.15, -0.1) is 0 Å². The molecule has 6 nitrogen and oxygen atoms in total. The smallest absolute Gasteiger partial charge is 0.201 e. The lowest BCUT2D eigenvalue weighted by Gasteiger charge is -2.10. The van der Waals surface area contributed by atoms with E-state index in [-0.39, 0.29) is 35.0 Å². The molecule has 0 spiro atoms. The highest BCUT2D eigenvalue weighted by Crippen LogP contribution is 2.38. The van der Waals surface area contributed by atoms with Crippen molar-refractivity contribution in [2.24, 2.45) is 0 Å². The Labute approximate surface area is 127 Å². The third-order valence-electron chi connectivity index (χ3n) is 3.24. The lowest BCUT2D eigenvalue weighted by atomic mass is 10.0. The molecule has 0 unspecified atom stereocenters. The van der Waals surface area contributed by atoms with Crippen molar-refractivity contribution in [1.82, 2.24) is 0 Å². The van der Waals surface area contributed by atoms with Crippen LogP contribution >= 0.6 is 0 Å². The molecule has 22 heavy (non-hydrogen) atoms. The maximum absolute atomic E-state index is 12.3. The van der Waals surface area contributed by atoms with E-state index in [1.807, 2.05) is 0 Å². The highest BCUT2D eigenvalue weighted by Gasteiger charge is 2.18. The second-order valence-corrected chi connectivity index (χ2v) is 4.62. The molecule has 0 amide bonds. The Morgan fingerprint density at radius 2 is 1.64 bits per heavy atom. The summed E-state index contributed by atoms with van der Waals surface area (Å²) in [7, 11) is 2.76. The topological polar surface area (TPSA) is 96.2 Å². The number of phenolic OH excluding ortho intramolecular Hbond substituents is 3. The Balaban J connectivity index is 2.28. The number of aromatic hydroxyl groups is 3. The van der Waals surface area contributed by atoms with Crippen LogP contribution in [0.15, 0.2) is 30.3 Å². The number of rotatable bonds is 5. The Bertz CT molecular complexity index is 708. The number of methoxy groups -OCH3 is 2. The molecule has 0 aromatic heterocycles. The fourth-order valence-corrected chi connectivity index (χ4v) is 2.06. The van der Waals surface area contributed by atoms with Gasteiger partial charge in [0.15, 0.2) is 28.8 Å². The van der Waals surface area contributed by atoms with Crippen molar-refractivity contribution in [3.63, 3.8) is 0 Å². The summed E-state index contributed by atoms with van der Waals surface area (Å²) in [5.74, 6) is -1.06. The molecular formula is C16H16O6. The largest absolute Gasteiger partial charge is 0.504 e. The van der Waals surface area contributed by atoms with E-state index in [9.17, 15) is 20.1 Å². The lowest BCUT2D eigenvalue weighted by molar-refractivity contribution is 0.0989. The normalized spacial score (nSPS) is 10.3. The van der Waals surface area contributed by atoms with Crippen LogP contribution in [0.4, 0.5) is 0 Å². The molecule has 2 aromatic carbocycles. The minimum Gasteiger partial charge on any atom is -0.504 e. The average Bonchev–Trinajstić information content (AvgIpc) is 2.51. The van der Waals surface area contributed by atoms with Gasteiger partial charge in [0.2, 0.25) is 5.75 Å². The second kappa shape index (κ2) is 6.26. The molecule has 0 atom stereocenters. The van der Waals surface area contributed by atoms with Gasteiger partial charge in [-0.1, -0.05) is 6.07 Å². The molecule has 3 N–H and O–H groups in total. The zero-order chi connectivity index (χ0) is 16.3. The van der Waals surface area contributed by atoms with Gasteiger partial charge in [0.1, 0.15) is 0 Å². The highest BCUT2D eigenvalue weighted by molar-refractivity contribution is 6.01. The average molecular weight is 304 g/mol. The standard InChI is InChI=1S/C16H16O6/c1-21-13-6-4-10(15(19)16(13)20)12(18)7-9-3-5-11(17)14(8-9)22-2/h3-6,8,17,19-20H,7H2,1-2H3. The van der Waals surface area contributed by atoms with Crippen LogP contribution in [0.25, 0.3) is 0 Å². The highest BCUT2D eigenvalue weighted by atomic mass is 16.5. The number of Topliss-reactive ketones (excluding diaryl/α,β-unsaturated/α-hetero) is 1. The first-order valence-electron chi connectivity index (χ1n) is 6.46. The monoisotopic (exact) mass is 304 g/mol. The van der Waals surface area contributed by atoms with E-state index in [1.165, 1.54) is 38.5 Å². The SMILES string of the molecule is COc1cc(CC(=O)c2ccc(OC)c(O)c2O)ccc1O. The van der Waals surface area contributed by atoms with E-state index in [0.29, 0.717) is 5.56 Å². The zero-order valence-corrected chi connectivity index (χ0v) is 12.2. The molecule has 0 heterocycles. The summed E-state index contributed by atoms with van der Waals surface area (Å²) < 4.78 is 9.84. The fraction of sp³-hybridized carbons (Fsp3) is 0.188. The van der Waals surface area contributed by atoms with Gasteiger partial charge in [-0.05, 0) is 29.8 Å². The minimum atomic E-state index is -0.518. The third kappa shape index (κ3) is 2.90. The number of ketones is 1. The van der Waals surface area contributed by atoms with Crippen molar-refractivity contribution in [2.75, 3.05) is 14.2 Å². The summed E-state index contributed by atoms with van der Waals surface area (Å²) in [5.41, 5.74) is 0.597. The van der Waals surface area contributed by atoms with Crippen LogP contribution in [0.5, 0.6) is 28.7 Å². The van der Waals surface area contributed by atoms with Crippen molar-refractivity contribution in [3.05, 3.63) is 41.5 Å². The van der Waals surface area contributed by atoms with Gasteiger partial charge in [0.25, 0.3) is 0 Å². The summed E-state index contributed by atoms with van der Waals surface area (Å²) in [6.45, 7) is 0. The van der Waals surface area contributed by atoms with E-state index >= 15 is 0 Å². The van der Waals surface area contributed by atoms with Crippen LogP contribution in [0, 0.1) is 0 Å². The maximum atomic E-state index is 12.3. The molecule has 0 saturated carbocycles. The van der Waals surface area contributed by atoms with Crippen molar-refractivity contribution >= 4 is 5.78 Å². The van der Waals surface area contributed by atoms with E-state index in [1.54, 1.807) is 6.07 Å². The van der Waals surface area contributed by atoms with Gasteiger partial charge in [-0.3, -0.25) is 4.79 Å². The van der Waals surface area contributed by atoms with Gasteiger partial charge in [0.05, 0.1) is 19.8 Å². The first-order chi connectivity index (χ1) is 10.5. The molecule has 6 heteroatoms. The number of benzene rings is 2. The van der Waals surface area contributed by atoms with Gasteiger partial charge < -0.3 is 24.8 Å². The lowest BCUT2D eigenvalue weighted by Crippen LogP contribution is -2.04. The van der Waals surface area contributed by atoms with Crippen LogP contribution < -0.4 is 9.47 Å². The van der Waals surface area contributed by atoms with Gasteiger partial charge in [-0.25, -0.2) is 0 Å². The van der Waals surface area contributed by atoms with Crippen molar-refractivity contribution < 1.29 is 29.6 Å². The summed E-state index contributed by atoms with van der Waals surface area (Å²) >= 11 is 0. The number of phenols is 3. The number of hydrogen-bond acceptors (Lipinski definition) is 6. The number of carbonyl (C=O) groups excluding carboxylic acids is 1. The maximum Gasteiger partial charge on any atom is 0.201 e. The van der Waals surface area contributed by atoms with Crippen LogP contribution in [-0.2, 0) is 6.42 Å².